The van der Waals surface area contributed by atoms with Gasteiger partial charge in [0.1, 0.15) is 11.6 Å². The first-order valence-corrected chi connectivity index (χ1v) is 11.6. The number of amides is 1. The number of carbonyl (C=O) groups is 1. The quantitative estimate of drug-likeness (QED) is 0.246. The normalized spacial score (nSPS) is 15.9. The average Bonchev–Trinajstić information content (AvgIpc) is 3.28. The van der Waals surface area contributed by atoms with Gasteiger partial charge in [-0.2, -0.15) is 0 Å². The number of aromatic nitrogens is 1. The standard InChI is InChI=1S/C25H23FN4O4S/c1-5-28-24(31)23(35-25(28)27-19-8-6-18(26)7-9-19)13-17-12-15(2)29(16(17)3)21-11-10-20(30(32)33)14-22(21)34-4/h6-14H,5H2,1-4H3/b23-13+,27-25?. The van der Waals surface area contributed by atoms with Crippen molar-refractivity contribution >= 4 is 40.3 Å². The van der Waals surface area contributed by atoms with Crippen molar-refractivity contribution in [2.24, 2.45) is 4.99 Å². The van der Waals surface area contributed by atoms with Gasteiger partial charge in [0.15, 0.2) is 5.17 Å². The van der Waals surface area contributed by atoms with Gasteiger partial charge in [-0.15, -0.1) is 0 Å². The number of carbonyl (C=O) groups excluding carboxylic acids is 1. The second-order valence-electron chi connectivity index (χ2n) is 7.81. The summed E-state index contributed by atoms with van der Waals surface area (Å²) in [6.07, 6.45) is 1.82. The van der Waals surface area contributed by atoms with Gasteiger partial charge >= 0.3 is 0 Å². The second kappa shape index (κ2) is 9.75. The first kappa shape index (κ1) is 24.2. The van der Waals surface area contributed by atoms with E-state index in [1.54, 1.807) is 23.1 Å². The van der Waals surface area contributed by atoms with Crippen LogP contribution in [0.4, 0.5) is 15.8 Å². The molecule has 1 saturated heterocycles. The average molecular weight is 495 g/mol. The van der Waals surface area contributed by atoms with Crippen LogP contribution in [-0.2, 0) is 4.79 Å². The molecule has 4 rings (SSSR count). The van der Waals surface area contributed by atoms with Crippen molar-refractivity contribution in [1.29, 1.82) is 0 Å². The monoisotopic (exact) mass is 494 g/mol. The number of aliphatic imine (C=N–C) groups is 1. The van der Waals surface area contributed by atoms with Crippen LogP contribution in [0.5, 0.6) is 5.75 Å². The minimum Gasteiger partial charge on any atom is -0.494 e. The summed E-state index contributed by atoms with van der Waals surface area (Å²) in [5.41, 5.74) is 3.72. The molecule has 1 aliphatic rings. The SMILES string of the molecule is CCN1C(=O)/C(=C\c2cc(C)n(-c3ccc([N+](=O)[O-])cc3OC)c2C)SC1=Nc1ccc(F)cc1. The maximum Gasteiger partial charge on any atom is 0.273 e. The molecule has 0 radical (unpaired) electrons. The van der Waals surface area contributed by atoms with Crippen LogP contribution in [0.15, 0.2) is 58.4 Å². The third-order valence-corrected chi connectivity index (χ3v) is 6.63. The fraction of sp³-hybridized carbons (Fsp3) is 0.200. The zero-order valence-electron chi connectivity index (χ0n) is 19.6. The van der Waals surface area contributed by atoms with Crippen LogP contribution < -0.4 is 4.74 Å². The minimum absolute atomic E-state index is 0.0593. The van der Waals surface area contributed by atoms with Crippen molar-refractivity contribution in [3.63, 3.8) is 0 Å². The van der Waals surface area contributed by atoms with Crippen LogP contribution in [0.1, 0.15) is 23.9 Å². The highest BCUT2D eigenvalue weighted by molar-refractivity contribution is 8.18. The van der Waals surface area contributed by atoms with E-state index in [-0.39, 0.29) is 17.4 Å². The molecule has 0 saturated carbocycles. The number of thioether (sulfide) groups is 1. The first-order chi connectivity index (χ1) is 16.7. The van der Waals surface area contributed by atoms with Crippen molar-refractivity contribution in [3.05, 3.63) is 86.3 Å². The number of nitrogens with zero attached hydrogens (tertiary/aromatic N) is 4. The van der Waals surface area contributed by atoms with E-state index < -0.39 is 4.92 Å². The third kappa shape index (κ3) is 4.69. The number of hydrogen-bond acceptors (Lipinski definition) is 6. The van der Waals surface area contributed by atoms with E-state index in [0.29, 0.717) is 33.7 Å². The topological polar surface area (TPSA) is 90.0 Å². The molecule has 0 spiro atoms. The minimum atomic E-state index is -0.467. The molecule has 0 N–H and O–H groups in total. The summed E-state index contributed by atoms with van der Waals surface area (Å²) in [5.74, 6) is -0.134. The number of nitro benzene ring substituents is 1. The molecular formula is C25H23FN4O4S. The number of nitro groups is 1. The number of ether oxygens (including phenoxy) is 1. The van der Waals surface area contributed by atoms with Crippen LogP contribution in [0.3, 0.4) is 0 Å². The Morgan fingerprint density at radius 3 is 2.51 bits per heavy atom. The fourth-order valence-electron chi connectivity index (χ4n) is 3.91. The summed E-state index contributed by atoms with van der Waals surface area (Å²) in [6, 6.07) is 12.2. The molecule has 1 aliphatic heterocycles. The first-order valence-electron chi connectivity index (χ1n) is 10.8. The summed E-state index contributed by atoms with van der Waals surface area (Å²) >= 11 is 1.26. The number of halogens is 1. The summed E-state index contributed by atoms with van der Waals surface area (Å²) in [4.78, 5) is 30.4. The Hall–Kier alpha value is -3.92. The van der Waals surface area contributed by atoms with Gasteiger partial charge in [-0.1, -0.05) is 0 Å². The number of non-ortho nitro benzene ring substituents is 1. The molecule has 10 heteroatoms. The highest BCUT2D eigenvalue weighted by atomic mass is 32.2. The van der Waals surface area contributed by atoms with Gasteiger partial charge in [-0.3, -0.25) is 19.8 Å². The molecule has 8 nitrogen and oxygen atoms in total. The van der Waals surface area contributed by atoms with Gasteiger partial charge in [0.05, 0.1) is 34.4 Å². The van der Waals surface area contributed by atoms with Crippen molar-refractivity contribution in [2.45, 2.75) is 20.8 Å². The Morgan fingerprint density at radius 1 is 1.17 bits per heavy atom. The van der Waals surface area contributed by atoms with E-state index in [4.69, 9.17) is 4.74 Å². The summed E-state index contributed by atoms with van der Waals surface area (Å²) in [6.45, 7) is 6.14. The number of hydrogen-bond donors (Lipinski definition) is 0. The molecule has 1 aromatic heterocycles. The Morgan fingerprint density at radius 2 is 1.89 bits per heavy atom. The number of likely N-dealkylation sites (N-methyl/N-ethyl adjacent to an activating group) is 1. The lowest BCUT2D eigenvalue weighted by Crippen LogP contribution is -2.28. The third-order valence-electron chi connectivity index (χ3n) is 5.63. The van der Waals surface area contributed by atoms with Crippen LogP contribution in [0, 0.1) is 29.8 Å². The van der Waals surface area contributed by atoms with Crippen LogP contribution in [0.25, 0.3) is 11.8 Å². The highest BCUT2D eigenvalue weighted by Crippen LogP contribution is 2.36. The van der Waals surface area contributed by atoms with Crippen LogP contribution in [-0.4, -0.2) is 39.1 Å². The predicted molar refractivity (Wildman–Crippen MR) is 135 cm³/mol. The van der Waals surface area contributed by atoms with Gasteiger partial charge < -0.3 is 9.30 Å². The number of aryl methyl sites for hydroxylation is 1. The van der Waals surface area contributed by atoms with Gasteiger partial charge in [-0.05, 0) is 80.6 Å². The Kier molecular flexibility index (Phi) is 6.74. The molecular weight excluding hydrogens is 471 g/mol. The molecule has 2 heterocycles. The van der Waals surface area contributed by atoms with Crippen molar-refractivity contribution in [1.82, 2.24) is 9.47 Å². The summed E-state index contributed by atoms with van der Waals surface area (Å²) in [5, 5.41) is 11.7. The van der Waals surface area contributed by atoms with E-state index in [9.17, 15) is 19.3 Å². The smallest absolute Gasteiger partial charge is 0.273 e. The molecule has 3 aromatic rings. The zero-order valence-corrected chi connectivity index (χ0v) is 20.4. The van der Waals surface area contributed by atoms with E-state index in [1.807, 2.05) is 37.5 Å². The van der Waals surface area contributed by atoms with Crippen LogP contribution >= 0.6 is 11.8 Å². The van der Waals surface area contributed by atoms with Gasteiger partial charge in [0.25, 0.3) is 11.6 Å². The summed E-state index contributed by atoms with van der Waals surface area (Å²) < 4.78 is 20.6. The number of rotatable bonds is 6. The van der Waals surface area contributed by atoms with Crippen molar-refractivity contribution in [3.8, 4) is 11.4 Å². The molecule has 0 atom stereocenters. The molecule has 0 aliphatic carbocycles. The number of benzene rings is 2. The fourth-order valence-corrected chi connectivity index (χ4v) is 4.96. The highest BCUT2D eigenvalue weighted by Gasteiger charge is 2.32. The Labute approximate surface area is 205 Å². The second-order valence-corrected chi connectivity index (χ2v) is 8.82. The lowest BCUT2D eigenvalue weighted by molar-refractivity contribution is -0.384. The summed E-state index contributed by atoms with van der Waals surface area (Å²) in [7, 11) is 1.47. The molecule has 1 fully saturated rings. The van der Waals surface area contributed by atoms with E-state index in [1.165, 1.54) is 43.1 Å². The van der Waals surface area contributed by atoms with Crippen molar-refractivity contribution in [2.75, 3.05) is 13.7 Å². The predicted octanol–water partition coefficient (Wildman–Crippen LogP) is 5.77. The molecule has 0 unspecified atom stereocenters. The van der Waals surface area contributed by atoms with E-state index >= 15 is 0 Å². The van der Waals surface area contributed by atoms with Gasteiger partial charge in [-0.25, -0.2) is 9.38 Å². The Balaban J connectivity index is 1.72. The zero-order chi connectivity index (χ0) is 25.3. The van der Waals surface area contributed by atoms with Gasteiger partial charge in [0.2, 0.25) is 0 Å². The molecule has 180 valence electrons. The molecule has 2 aromatic carbocycles. The lowest BCUT2D eigenvalue weighted by atomic mass is 10.2. The maximum absolute atomic E-state index is 13.2. The van der Waals surface area contributed by atoms with Gasteiger partial charge in [0, 0.05) is 24.0 Å². The molecule has 1 amide bonds. The number of amidine groups is 1. The van der Waals surface area contributed by atoms with E-state index in [0.717, 1.165) is 17.0 Å². The van der Waals surface area contributed by atoms with Crippen molar-refractivity contribution < 1.29 is 18.8 Å². The number of methoxy groups -OCH3 is 1. The molecule has 0 bridgehead atoms. The largest absolute Gasteiger partial charge is 0.494 e. The maximum atomic E-state index is 13.2. The van der Waals surface area contributed by atoms with Crippen LogP contribution in [0.2, 0.25) is 0 Å². The molecule has 35 heavy (non-hydrogen) atoms. The Bertz CT molecular complexity index is 1380. The lowest BCUT2D eigenvalue weighted by Gasteiger charge is -2.14. The van der Waals surface area contributed by atoms with E-state index in [2.05, 4.69) is 4.99 Å².